The van der Waals surface area contributed by atoms with Crippen LogP contribution in [0.15, 0.2) is 85.1 Å². The molecule has 2 heterocycles. The van der Waals surface area contributed by atoms with Crippen molar-refractivity contribution in [3.05, 3.63) is 106 Å². The van der Waals surface area contributed by atoms with Crippen LogP contribution in [0.5, 0.6) is 0 Å². The summed E-state index contributed by atoms with van der Waals surface area (Å²) in [6.07, 6.45) is 1.79. The van der Waals surface area contributed by atoms with E-state index in [1.54, 1.807) is 16.8 Å². The molecule has 0 atom stereocenters. The van der Waals surface area contributed by atoms with Crippen molar-refractivity contribution in [2.45, 2.75) is 13.1 Å². The zero-order chi connectivity index (χ0) is 25.8. The monoisotopic (exact) mass is 528 g/mol. The van der Waals surface area contributed by atoms with E-state index in [1.807, 2.05) is 80.6 Å². The predicted octanol–water partition coefficient (Wildman–Crippen LogP) is 4.90. The predicted molar refractivity (Wildman–Crippen MR) is 153 cm³/mol. The number of anilines is 2. The lowest BCUT2D eigenvalue weighted by molar-refractivity contribution is 0.251. The second-order valence-electron chi connectivity index (χ2n) is 8.52. The van der Waals surface area contributed by atoms with Gasteiger partial charge in [0.2, 0.25) is 0 Å². The number of benzene rings is 3. The molecule has 7 nitrogen and oxygen atoms in total. The first kappa shape index (κ1) is 24.7. The molecule has 5 rings (SSSR count). The number of nitrogens with zero attached hydrogens (tertiary/aromatic N) is 3. The largest absolute Gasteiger partial charge is 0.366 e. The van der Waals surface area contributed by atoms with Gasteiger partial charge in [-0.3, -0.25) is 0 Å². The normalized spacial score (nSPS) is 10.9. The van der Waals surface area contributed by atoms with Gasteiger partial charge in [-0.25, -0.2) is 9.78 Å². The molecule has 0 spiro atoms. The molecular formula is C27H23BCl2N6O. The number of fused-ring (bicyclic) bond motifs is 1. The van der Waals surface area contributed by atoms with Crippen LogP contribution in [0.3, 0.4) is 0 Å². The molecule has 0 unspecified atom stereocenters. The zero-order valence-electron chi connectivity index (χ0n) is 20.0. The van der Waals surface area contributed by atoms with Crippen LogP contribution in [0.4, 0.5) is 16.3 Å². The third-order valence-electron chi connectivity index (χ3n) is 5.85. The second-order valence-corrected chi connectivity index (χ2v) is 9.34. The number of carbonyl (C=O) groups excluding carboxylic acids is 1. The van der Waals surface area contributed by atoms with Crippen LogP contribution in [-0.2, 0) is 13.1 Å². The van der Waals surface area contributed by atoms with Crippen molar-refractivity contribution in [3.63, 3.8) is 0 Å². The van der Waals surface area contributed by atoms with Gasteiger partial charge in [0, 0.05) is 46.6 Å². The Kier molecular flexibility index (Phi) is 7.30. The highest BCUT2D eigenvalue weighted by atomic mass is 35.5. The fraction of sp³-hybridized carbons (Fsp3) is 0.0741. The lowest BCUT2D eigenvalue weighted by Gasteiger charge is -2.13. The van der Waals surface area contributed by atoms with E-state index in [0.717, 1.165) is 39.3 Å². The van der Waals surface area contributed by atoms with Gasteiger partial charge in [0.15, 0.2) is 5.65 Å². The minimum absolute atomic E-state index is 0.308. The number of hydrogen-bond donors (Lipinski definition) is 3. The fourth-order valence-corrected chi connectivity index (χ4v) is 4.38. The molecule has 0 saturated heterocycles. The van der Waals surface area contributed by atoms with Crippen LogP contribution in [0.2, 0.25) is 10.0 Å². The van der Waals surface area contributed by atoms with E-state index < -0.39 is 0 Å². The topological polar surface area (TPSA) is 83.3 Å². The Bertz CT molecular complexity index is 1590. The van der Waals surface area contributed by atoms with Gasteiger partial charge in [0.05, 0.1) is 5.69 Å². The smallest absolute Gasteiger partial charge is 0.319 e. The standard InChI is InChI=1S/C27H23BCl2N6O/c28-21-16-33-36-25(13-24(35-26(21)36)20-9-2-4-11-23(20)30)31-14-17-6-5-8-19(12-17)34-27(37)32-15-18-7-1-3-10-22(18)29/h1-13,16,31H,14-15,28H2,(H2,32,34,37). The molecule has 2 amide bonds. The van der Waals surface area contributed by atoms with Gasteiger partial charge in [0.25, 0.3) is 0 Å². The highest BCUT2D eigenvalue weighted by Gasteiger charge is 2.13. The van der Waals surface area contributed by atoms with Crippen molar-refractivity contribution >= 4 is 59.7 Å². The van der Waals surface area contributed by atoms with E-state index >= 15 is 0 Å². The lowest BCUT2D eigenvalue weighted by atomic mass is 10.0. The maximum Gasteiger partial charge on any atom is 0.319 e. The molecule has 0 bridgehead atoms. The first-order valence-electron chi connectivity index (χ1n) is 11.7. The summed E-state index contributed by atoms with van der Waals surface area (Å²) < 4.78 is 1.78. The Morgan fingerprint density at radius 2 is 1.70 bits per heavy atom. The fourth-order valence-electron chi connectivity index (χ4n) is 3.95. The Balaban J connectivity index is 1.30. The van der Waals surface area contributed by atoms with E-state index in [0.29, 0.717) is 28.8 Å². The highest BCUT2D eigenvalue weighted by molar-refractivity contribution is 6.36. The van der Waals surface area contributed by atoms with Crippen LogP contribution in [0, 0.1) is 0 Å². The molecule has 37 heavy (non-hydrogen) atoms. The molecule has 10 heteroatoms. The van der Waals surface area contributed by atoms with E-state index in [1.165, 1.54) is 0 Å². The Labute approximate surface area is 225 Å². The van der Waals surface area contributed by atoms with Gasteiger partial charge in [-0.1, -0.05) is 71.7 Å². The van der Waals surface area contributed by atoms with Gasteiger partial charge in [-0.15, -0.1) is 0 Å². The number of carbonyl (C=O) groups is 1. The molecule has 184 valence electrons. The van der Waals surface area contributed by atoms with Crippen molar-refractivity contribution in [3.8, 4) is 11.3 Å². The molecule has 0 aliphatic heterocycles. The molecule has 3 N–H and O–H groups in total. The van der Waals surface area contributed by atoms with E-state index in [4.69, 9.17) is 28.2 Å². The van der Waals surface area contributed by atoms with Gasteiger partial charge in [-0.2, -0.15) is 9.61 Å². The van der Waals surface area contributed by atoms with Gasteiger partial charge >= 0.3 is 6.03 Å². The summed E-state index contributed by atoms with van der Waals surface area (Å²) in [7, 11) is 1.97. The van der Waals surface area contributed by atoms with Crippen LogP contribution < -0.4 is 21.4 Å². The summed E-state index contributed by atoms with van der Waals surface area (Å²) in [5, 5.41) is 14.9. The summed E-state index contributed by atoms with van der Waals surface area (Å²) >= 11 is 12.6. The molecule has 0 radical (unpaired) electrons. The zero-order valence-corrected chi connectivity index (χ0v) is 21.5. The first-order chi connectivity index (χ1) is 18.0. The maximum atomic E-state index is 12.4. The Hall–Kier alpha value is -4.01. The number of aromatic nitrogens is 3. The summed E-state index contributed by atoms with van der Waals surface area (Å²) in [5.74, 6) is 0.781. The molecular weight excluding hydrogens is 506 g/mol. The second kappa shape index (κ2) is 10.9. The Morgan fingerprint density at radius 3 is 2.51 bits per heavy atom. The van der Waals surface area contributed by atoms with Gasteiger partial charge in [-0.05, 0) is 40.9 Å². The molecule has 5 aromatic rings. The third-order valence-corrected chi connectivity index (χ3v) is 6.55. The summed E-state index contributed by atoms with van der Waals surface area (Å²) in [4.78, 5) is 17.2. The average molecular weight is 529 g/mol. The van der Waals surface area contributed by atoms with Crippen LogP contribution in [-0.4, -0.2) is 28.5 Å². The minimum Gasteiger partial charge on any atom is -0.366 e. The summed E-state index contributed by atoms with van der Waals surface area (Å²) in [6.45, 7) is 0.846. The maximum absolute atomic E-state index is 12.4. The van der Waals surface area contributed by atoms with Crippen LogP contribution in [0.1, 0.15) is 11.1 Å². The lowest BCUT2D eigenvalue weighted by Crippen LogP contribution is -2.28. The number of urea groups is 1. The molecule has 0 aliphatic carbocycles. The minimum atomic E-state index is -0.308. The van der Waals surface area contributed by atoms with Crippen molar-refractivity contribution in [1.29, 1.82) is 0 Å². The number of halogens is 2. The van der Waals surface area contributed by atoms with Crippen molar-refractivity contribution < 1.29 is 4.79 Å². The molecule has 2 aromatic heterocycles. The summed E-state index contributed by atoms with van der Waals surface area (Å²) in [5.41, 5.74) is 5.85. The third kappa shape index (κ3) is 5.71. The van der Waals surface area contributed by atoms with E-state index in [-0.39, 0.29) is 6.03 Å². The van der Waals surface area contributed by atoms with Gasteiger partial charge < -0.3 is 16.0 Å². The molecule has 3 aromatic carbocycles. The Morgan fingerprint density at radius 1 is 0.919 bits per heavy atom. The molecule has 0 saturated carbocycles. The van der Waals surface area contributed by atoms with Crippen LogP contribution in [0.25, 0.3) is 16.9 Å². The number of rotatable bonds is 7. The number of amides is 2. The van der Waals surface area contributed by atoms with E-state index in [9.17, 15) is 4.79 Å². The average Bonchev–Trinajstić information content (AvgIpc) is 3.28. The quantitative estimate of drug-likeness (QED) is 0.262. The molecule has 0 aliphatic rings. The number of nitrogens with one attached hydrogen (secondary N) is 3. The van der Waals surface area contributed by atoms with Crippen molar-refractivity contribution in [1.82, 2.24) is 19.9 Å². The van der Waals surface area contributed by atoms with E-state index in [2.05, 4.69) is 21.0 Å². The van der Waals surface area contributed by atoms with Crippen molar-refractivity contribution in [2.24, 2.45) is 0 Å². The highest BCUT2D eigenvalue weighted by Crippen LogP contribution is 2.28. The van der Waals surface area contributed by atoms with Crippen molar-refractivity contribution in [2.75, 3.05) is 10.6 Å². The first-order valence-corrected chi connectivity index (χ1v) is 12.4. The SMILES string of the molecule is Bc1cnn2c(NCc3cccc(NC(=O)NCc4ccccc4Cl)c3)cc(-c3ccccc3Cl)nc12. The number of hydrogen-bond acceptors (Lipinski definition) is 4. The van der Waals surface area contributed by atoms with Gasteiger partial charge in [0.1, 0.15) is 13.7 Å². The van der Waals surface area contributed by atoms with Crippen LogP contribution >= 0.6 is 23.2 Å². The summed E-state index contributed by atoms with van der Waals surface area (Å²) in [6, 6.07) is 24.3. The molecule has 0 fully saturated rings.